The molecule has 0 unspecified atom stereocenters. The van der Waals surface area contributed by atoms with E-state index in [2.05, 4.69) is 5.10 Å². The fraction of sp³-hybridized carbons (Fsp3) is 0.0909. The summed E-state index contributed by atoms with van der Waals surface area (Å²) >= 11 is 11.6. The number of nitrogens with one attached hydrogen (secondary N) is 2. The van der Waals surface area contributed by atoms with Crippen LogP contribution in [0.25, 0.3) is 5.69 Å². The monoisotopic (exact) mass is 285 g/mol. The van der Waals surface area contributed by atoms with E-state index >= 15 is 0 Å². The Labute approximate surface area is 112 Å². The summed E-state index contributed by atoms with van der Waals surface area (Å²) in [4.78, 5) is 11.6. The number of aromatic nitrogens is 2. The van der Waals surface area contributed by atoms with Crippen molar-refractivity contribution in [2.24, 2.45) is 0 Å². The van der Waals surface area contributed by atoms with Crippen LogP contribution < -0.4 is 5.56 Å². The smallest absolute Gasteiger partial charge is 0.277 e. The average Bonchev–Trinajstić information content (AvgIpc) is 2.58. The van der Waals surface area contributed by atoms with Gasteiger partial charge in [-0.15, -0.1) is 0 Å². The van der Waals surface area contributed by atoms with Crippen molar-refractivity contribution in [1.29, 1.82) is 5.41 Å². The zero-order valence-electron chi connectivity index (χ0n) is 9.29. The molecule has 18 heavy (non-hydrogen) atoms. The van der Waals surface area contributed by atoms with Crippen LogP contribution in [0.1, 0.15) is 12.5 Å². The van der Waals surface area contributed by atoms with Crippen molar-refractivity contribution in [1.82, 2.24) is 9.78 Å². The molecule has 0 amide bonds. The maximum Gasteiger partial charge on any atom is 0.277 e. The number of aromatic hydroxyl groups is 1. The highest BCUT2D eigenvalue weighted by molar-refractivity contribution is 6.42. The molecule has 94 valence electrons. The molecule has 0 aliphatic carbocycles. The second-order valence-electron chi connectivity index (χ2n) is 3.70. The lowest BCUT2D eigenvalue weighted by molar-refractivity contribution is 0.432. The van der Waals surface area contributed by atoms with E-state index in [0.29, 0.717) is 15.7 Å². The van der Waals surface area contributed by atoms with Gasteiger partial charge in [0.1, 0.15) is 5.56 Å². The minimum absolute atomic E-state index is 0.0208. The van der Waals surface area contributed by atoms with E-state index in [-0.39, 0.29) is 17.2 Å². The second kappa shape index (κ2) is 4.51. The Kier molecular flexibility index (Phi) is 3.19. The number of halogens is 2. The van der Waals surface area contributed by atoms with Gasteiger partial charge in [0.05, 0.1) is 15.7 Å². The molecule has 2 rings (SSSR count). The van der Waals surface area contributed by atoms with E-state index in [0.717, 1.165) is 4.68 Å². The summed E-state index contributed by atoms with van der Waals surface area (Å²) in [6.07, 6.45) is 0. The topological polar surface area (TPSA) is 81.9 Å². The Hall–Kier alpha value is -1.72. The van der Waals surface area contributed by atoms with Gasteiger partial charge >= 0.3 is 0 Å². The number of H-pyrrole nitrogens is 1. The normalized spacial score (nSPS) is 10.6. The highest BCUT2D eigenvalue weighted by Crippen LogP contribution is 2.26. The van der Waals surface area contributed by atoms with Crippen LogP contribution >= 0.6 is 23.2 Å². The highest BCUT2D eigenvalue weighted by Gasteiger charge is 2.17. The molecule has 0 radical (unpaired) electrons. The summed E-state index contributed by atoms with van der Waals surface area (Å²) in [6, 6.07) is 4.64. The SMILES string of the molecule is CC(=N)c1c(O)n(-c2ccc(Cl)c(Cl)c2)[nH]c1=O. The number of aromatic amines is 1. The van der Waals surface area contributed by atoms with Gasteiger partial charge in [-0.05, 0) is 25.1 Å². The number of hydrogen-bond acceptors (Lipinski definition) is 3. The second-order valence-corrected chi connectivity index (χ2v) is 4.51. The van der Waals surface area contributed by atoms with Crippen molar-refractivity contribution in [2.45, 2.75) is 6.92 Å². The third-order valence-corrected chi connectivity index (χ3v) is 3.15. The standard InChI is InChI=1S/C11H9Cl2N3O2/c1-5(14)9-10(17)15-16(11(9)18)6-2-3-7(12)8(13)4-6/h2-4,14,18H,1H3,(H,15,17). The fourth-order valence-corrected chi connectivity index (χ4v) is 1.87. The highest BCUT2D eigenvalue weighted by atomic mass is 35.5. The number of hydrogen-bond donors (Lipinski definition) is 3. The van der Waals surface area contributed by atoms with Crippen molar-refractivity contribution in [2.75, 3.05) is 0 Å². The van der Waals surface area contributed by atoms with Crippen molar-refractivity contribution in [3.8, 4) is 11.6 Å². The van der Waals surface area contributed by atoms with E-state index in [9.17, 15) is 9.90 Å². The molecule has 0 saturated carbocycles. The Morgan fingerprint density at radius 3 is 2.56 bits per heavy atom. The van der Waals surface area contributed by atoms with Crippen LogP contribution in [0.5, 0.6) is 5.88 Å². The number of rotatable bonds is 2. The lowest BCUT2D eigenvalue weighted by Gasteiger charge is -2.05. The lowest BCUT2D eigenvalue weighted by Crippen LogP contribution is -2.10. The Morgan fingerprint density at radius 1 is 1.39 bits per heavy atom. The average molecular weight is 286 g/mol. The van der Waals surface area contributed by atoms with Gasteiger partial charge in [0, 0.05) is 5.71 Å². The minimum Gasteiger partial charge on any atom is -0.493 e. The molecule has 0 saturated heterocycles. The third-order valence-electron chi connectivity index (χ3n) is 2.41. The van der Waals surface area contributed by atoms with Gasteiger partial charge in [0.2, 0.25) is 5.88 Å². The maximum atomic E-state index is 11.6. The largest absolute Gasteiger partial charge is 0.493 e. The summed E-state index contributed by atoms with van der Waals surface area (Å²) in [5, 5.41) is 20.4. The molecule has 3 N–H and O–H groups in total. The third kappa shape index (κ3) is 2.02. The van der Waals surface area contributed by atoms with Crippen LogP contribution in [0.4, 0.5) is 0 Å². The Balaban J connectivity index is 2.65. The summed E-state index contributed by atoms with van der Waals surface area (Å²) in [5.41, 5.74) is -0.175. The summed E-state index contributed by atoms with van der Waals surface area (Å²) in [5.74, 6) is -0.328. The zero-order chi connectivity index (χ0) is 13.4. The van der Waals surface area contributed by atoms with Gasteiger partial charge in [-0.1, -0.05) is 23.2 Å². The molecule has 0 aliphatic rings. The van der Waals surface area contributed by atoms with Gasteiger partial charge in [0.25, 0.3) is 5.56 Å². The first-order valence-electron chi connectivity index (χ1n) is 4.96. The van der Waals surface area contributed by atoms with Crippen LogP contribution in [0, 0.1) is 5.41 Å². The molecule has 2 aromatic rings. The molecule has 0 atom stereocenters. The molecule has 1 aromatic carbocycles. The first kappa shape index (κ1) is 12.7. The van der Waals surface area contributed by atoms with Gasteiger partial charge < -0.3 is 10.5 Å². The molecule has 1 heterocycles. The van der Waals surface area contributed by atoms with Crippen molar-refractivity contribution < 1.29 is 5.11 Å². The molecule has 0 bridgehead atoms. The first-order chi connectivity index (χ1) is 8.41. The molecular formula is C11H9Cl2N3O2. The van der Waals surface area contributed by atoms with Gasteiger partial charge in [-0.2, -0.15) is 0 Å². The zero-order valence-corrected chi connectivity index (χ0v) is 10.8. The van der Waals surface area contributed by atoms with Crippen LogP contribution in [0.2, 0.25) is 10.0 Å². The number of benzene rings is 1. The predicted octanol–water partition coefficient (Wildman–Crippen LogP) is 2.57. The number of nitrogens with zero attached hydrogens (tertiary/aromatic N) is 1. The summed E-state index contributed by atoms with van der Waals surface area (Å²) < 4.78 is 1.15. The van der Waals surface area contributed by atoms with E-state index < -0.39 is 5.56 Å². The van der Waals surface area contributed by atoms with Gasteiger partial charge in [-0.3, -0.25) is 9.89 Å². The molecule has 7 heteroatoms. The first-order valence-corrected chi connectivity index (χ1v) is 5.72. The van der Waals surface area contributed by atoms with E-state index in [4.69, 9.17) is 28.6 Å². The Morgan fingerprint density at radius 2 is 2.06 bits per heavy atom. The van der Waals surface area contributed by atoms with Crippen LogP contribution in [0.3, 0.4) is 0 Å². The quantitative estimate of drug-likeness (QED) is 0.741. The summed E-state index contributed by atoms with van der Waals surface area (Å²) in [6.45, 7) is 1.42. The minimum atomic E-state index is -0.536. The molecule has 0 aliphatic heterocycles. The van der Waals surface area contributed by atoms with E-state index in [1.165, 1.54) is 13.0 Å². The molecule has 1 aromatic heterocycles. The van der Waals surface area contributed by atoms with Crippen LogP contribution in [-0.4, -0.2) is 20.6 Å². The fourth-order valence-electron chi connectivity index (χ4n) is 1.57. The van der Waals surface area contributed by atoms with Crippen molar-refractivity contribution in [3.63, 3.8) is 0 Å². The van der Waals surface area contributed by atoms with Gasteiger partial charge in [-0.25, -0.2) is 4.68 Å². The van der Waals surface area contributed by atoms with E-state index in [1.807, 2.05) is 0 Å². The van der Waals surface area contributed by atoms with Crippen molar-refractivity contribution >= 4 is 28.9 Å². The van der Waals surface area contributed by atoms with Gasteiger partial charge in [0.15, 0.2) is 0 Å². The maximum absolute atomic E-state index is 11.6. The van der Waals surface area contributed by atoms with Crippen molar-refractivity contribution in [3.05, 3.63) is 44.2 Å². The van der Waals surface area contributed by atoms with E-state index in [1.54, 1.807) is 12.1 Å². The molecule has 5 nitrogen and oxygen atoms in total. The van der Waals surface area contributed by atoms with Crippen LogP contribution in [-0.2, 0) is 0 Å². The molecular weight excluding hydrogens is 277 g/mol. The molecule has 0 fully saturated rings. The predicted molar refractivity (Wildman–Crippen MR) is 70.6 cm³/mol. The summed E-state index contributed by atoms with van der Waals surface area (Å²) in [7, 11) is 0. The molecule has 0 spiro atoms. The lowest BCUT2D eigenvalue weighted by atomic mass is 10.2. The van der Waals surface area contributed by atoms with Crippen LogP contribution in [0.15, 0.2) is 23.0 Å². The Bertz CT molecular complexity index is 688.